The molecule has 1 aromatic rings. The third-order valence-corrected chi connectivity index (χ3v) is 9.16. The van der Waals surface area contributed by atoms with Crippen molar-refractivity contribution < 1.29 is 17.9 Å². The Balaban J connectivity index is 2.01. The van der Waals surface area contributed by atoms with Gasteiger partial charge in [0, 0.05) is 20.2 Å². The first kappa shape index (κ1) is 22.1. The van der Waals surface area contributed by atoms with Crippen LogP contribution in [0.4, 0.5) is 0 Å². The average molecular weight is 412 g/mol. The summed E-state index contributed by atoms with van der Waals surface area (Å²) >= 11 is 0. The Morgan fingerprint density at radius 3 is 2.48 bits per heavy atom. The molecule has 27 heavy (non-hydrogen) atoms. The number of hydrogen-bond donors (Lipinski definition) is 0. The molecule has 1 aliphatic heterocycles. The van der Waals surface area contributed by atoms with E-state index in [4.69, 9.17) is 4.74 Å². The monoisotopic (exact) mass is 411 g/mol. The molecule has 5 nitrogen and oxygen atoms in total. The summed E-state index contributed by atoms with van der Waals surface area (Å²) in [6.07, 6.45) is 2.64. The molecule has 0 radical (unpaired) electrons. The van der Waals surface area contributed by atoms with E-state index in [-0.39, 0.29) is 36.8 Å². The summed E-state index contributed by atoms with van der Waals surface area (Å²) in [7, 11) is -4.82. The fourth-order valence-corrected chi connectivity index (χ4v) is 8.47. The van der Waals surface area contributed by atoms with Crippen LogP contribution in [0.5, 0.6) is 0 Å². The fraction of sp³-hybridized carbons (Fsp3) is 0.650. The lowest BCUT2D eigenvalue weighted by atomic mass is 9.97. The van der Waals surface area contributed by atoms with Crippen molar-refractivity contribution in [3.05, 3.63) is 35.9 Å². The van der Waals surface area contributed by atoms with Crippen LogP contribution >= 0.6 is 0 Å². The highest BCUT2D eigenvalue weighted by Crippen LogP contribution is 2.29. The number of carbonyl (C=O) groups excluding carboxylic acids is 1. The highest BCUT2D eigenvalue weighted by atomic mass is 32.2. The van der Waals surface area contributed by atoms with Gasteiger partial charge < -0.3 is 4.74 Å². The van der Waals surface area contributed by atoms with Gasteiger partial charge in [-0.15, -0.1) is 0 Å². The van der Waals surface area contributed by atoms with Crippen molar-refractivity contribution in [2.24, 2.45) is 0 Å². The van der Waals surface area contributed by atoms with Crippen molar-refractivity contribution in [3.8, 4) is 0 Å². The Labute approximate surface area is 165 Å². The van der Waals surface area contributed by atoms with Gasteiger partial charge >= 0.3 is 5.97 Å². The summed E-state index contributed by atoms with van der Waals surface area (Å²) in [6.45, 7) is 8.72. The van der Waals surface area contributed by atoms with Gasteiger partial charge in [0.2, 0.25) is 10.0 Å². The minimum Gasteiger partial charge on any atom is -0.461 e. The third kappa shape index (κ3) is 7.05. The number of esters is 1. The maximum Gasteiger partial charge on any atom is 0.307 e. The van der Waals surface area contributed by atoms with Crippen LogP contribution in [-0.2, 0) is 26.2 Å². The SMILES string of the molecule is C[C@@H]1CCC[C@@H](CC(=O)OCc2ccccc2)N1S(=O)(=O)CC[Si](C)(C)C. The van der Waals surface area contributed by atoms with Crippen molar-refractivity contribution in [2.75, 3.05) is 5.75 Å². The van der Waals surface area contributed by atoms with E-state index in [1.54, 1.807) is 4.31 Å². The quantitative estimate of drug-likeness (QED) is 0.478. The molecule has 1 aliphatic rings. The van der Waals surface area contributed by atoms with E-state index in [2.05, 4.69) is 19.6 Å². The Kier molecular flexibility index (Phi) is 7.65. The van der Waals surface area contributed by atoms with Crippen LogP contribution in [0.3, 0.4) is 0 Å². The lowest BCUT2D eigenvalue weighted by Crippen LogP contribution is -2.50. The van der Waals surface area contributed by atoms with Gasteiger partial charge in [-0.3, -0.25) is 4.79 Å². The second kappa shape index (κ2) is 9.34. The molecule has 0 unspecified atom stereocenters. The molecule has 0 aliphatic carbocycles. The molecular formula is C20H33NO4SSi. The third-order valence-electron chi connectivity index (χ3n) is 5.03. The van der Waals surface area contributed by atoms with Gasteiger partial charge in [-0.05, 0) is 31.4 Å². The minimum absolute atomic E-state index is 0.0580. The lowest BCUT2D eigenvalue weighted by molar-refractivity contribution is -0.146. The molecule has 0 N–H and O–H groups in total. The Bertz CT molecular complexity index is 715. The van der Waals surface area contributed by atoms with Crippen LogP contribution in [0.15, 0.2) is 30.3 Å². The first-order chi connectivity index (χ1) is 12.6. The summed E-state index contributed by atoms with van der Waals surface area (Å²) in [4.78, 5) is 12.3. The summed E-state index contributed by atoms with van der Waals surface area (Å²) in [5.74, 6) is -0.147. The van der Waals surface area contributed by atoms with Gasteiger partial charge in [0.15, 0.2) is 0 Å². The lowest BCUT2D eigenvalue weighted by Gasteiger charge is -2.39. The predicted octanol–water partition coefficient (Wildman–Crippen LogP) is 4.03. The normalized spacial score (nSPS) is 21.8. The van der Waals surface area contributed by atoms with Gasteiger partial charge in [-0.1, -0.05) is 56.4 Å². The number of sulfonamides is 1. The van der Waals surface area contributed by atoms with E-state index in [1.807, 2.05) is 37.3 Å². The highest BCUT2D eigenvalue weighted by molar-refractivity contribution is 7.89. The van der Waals surface area contributed by atoms with Crippen LogP contribution in [-0.4, -0.2) is 44.6 Å². The van der Waals surface area contributed by atoms with Gasteiger partial charge in [-0.2, -0.15) is 4.31 Å². The number of rotatable bonds is 8. The standard InChI is InChI=1S/C20H33NO4SSi/c1-17-9-8-12-19(21(17)26(23,24)13-14-27(2,3)4)15-20(22)25-16-18-10-6-5-7-11-18/h5-7,10-11,17,19H,8-9,12-16H2,1-4H3/t17-,19+/m1/s1. The molecule has 0 spiro atoms. The second-order valence-corrected chi connectivity index (χ2v) is 16.4. The van der Waals surface area contributed by atoms with Crippen molar-refractivity contribution >= 4 is 24.1 Å². The molecule has 1 saturated heterocycles. The molecular weight excluding hydrogens is 378 g/mol. The van der Waals surface area contributed by atoms with Crippen LogP contribution in [0.25, 0.3) is 0 Å². The summed E-state index contributed by atoms with van der Waals surface area (Å²) in [5.41, 5.74) is 0.933. The minimum atomic E-state index is -3.37. The molecule has 7 heteroatoms. The Hall–Kier alpha value is -1.18. The Morgan fingerprint density at radius 2 is 1.85 bits per heavy atom. The number of ether oxygens (including phenoxy) is 1. The number of nitrogens with zero attached hydrogens (tertiary/aromatic N) is 1. The van der Waals surface area contributed by atoms with Crippen molar-refractivity contribution in [3.63, 3.8) is 0 Å². The molecule has 0 aromatic heterocycles. The topological polar surface area (TPSA) is 63.7 Å². The summed E-state index contributed by atoms with van der Waals surface area (Å²) in [6, 6.07) is 9.92. The van der Waals surface area contributed by atoms with Crippen LogP contribution in [0.2, 0.25) is 25.7 Å². The van der Waals surface area contributed by atoms with Crippen LogP contribution < -0.4 is 0 Å². The van der Waals surface area contributed by atoms with Crippen LogP contribution in [0.1, 0.15) is 38.2 Å². The largest absolute Gasteiger partial charge is 0.461 e. The molecule has 0 bridgehead atoms. The molecule has 1 heterocycles. The molecule has 0 amide bonds. The molecule has 0 saturated carbocycles. The van der Waals surface area contributed by atoms with Gasteiger partial charge in [0.1, 0.15) is 6.61 Å². The molecule has 1 aromatic carbocycles. The maximum absolute atomic E-state index is 13.0. The predicted molar refractivity (Wildman–Crippen MR) is 112 cm³/mol. The van der Waals surface area contributed by atoms with Gasteiger partial charge in [-0.25, -0.2) is 8.42 Å². The molecule has 2 atom stereocenters. The number of hydrogen-bond acceptors (Lipinski definition) is 4. The van der Waals surface area contributed by atoms with Crippen molar-refractivity contribution in [1.82, 2.24) is 4.31 Å². The second-order valence-electron chi connectivity index (χ2n) is 8.74. The maximum atomic E-state index is 13.0. The number of carbonyl (C=O) groups is 1. The average Bonchev–Trinajstić information content (AvgIpc) is 2.58. The van der Waals surface area contributed by atoms with Crippen molar-refractivity contribution in [2.45, 2.75) is 77.0 Å². The Morgan fingerprint density at radius 1 is 1.19 bits per heavy atom. The van der Waals surface area contributed by atoms with E-state index >= 15 is 0 Å². The zero-order valence-corrected chi connectivity index (χ0v) is 18.8. The first-order valence-corrected chi connectivity index (χ1v) is 15.1. The van der Waals surface area contributed by atoms with Gasteiger partial charge in [0.25, 0.3) is 0 Å². The van der Waals surface area contributed by atoms with Crippen molar-refractivity contribution in [1.29, 1.82) is 0 Å². The molecule has 2 rings (SSSR count). The molecule has 152 valence electrons. The summed E-state index contributed by atoms with van der Waals surface area (Å²) in [5, 5.41) is 0. The van der Waals surface area contributed by atoms with Gasteiger partial charge in [0.05, 0.1) is 12.2 Å². The van der Waals surface area contributed by atoms with E-state index in [0.717, 1.165) is 30.9 Å². The molecule has 1 fully saturated rings. The number of benzene rings is 1. The first-order valence-electron chi connectivity index (χ1n) is 9.79. The van der Waals surface area contributed by atoms with E-state index in [9.17, 15) is 13.2 Å². The smallest absolute Gasteiger partial charge is 0.307 e. The fourth-order valence-electron chi connectivity index (χ4n) is 3.49. The zero-order chi connectivity index (χ0) is 20.1. The number of piperidine rings is 1. The van der Waals surface area contributed by atoms with Crippen LogP contribution in [0, 0.1) is 0 Å². The summed E-state index contributed by atoms with van der Waals surface area (Å²) < 4.78 is 33.0. The zero-order valence-electron chi connectivity index (χ0n) is 17.0. The highest BCUT2D eigenvalue weighted by Gasteiger charge is 2.38. The van der Waals surface area contributed by atoms with E-state index in [1.165, 1.54) is 0 Å². The van der Waals surface area contributed by atoms with E-state index < -0.39 is 18.1 Å². The van der Waals surface area contributed by atoms with E-state index in [0.29, 0.717) is 0 Å².